The molecule has 0 atom stereocenters. The summed E-state index contributed by atoms with van der Waals surface area (Å²) in [4.78, 5) is 19.4. The van der Waals surface area contributed by atoms with E-state index in [9.17, 15) is 9.90 Å². The Hall–Kier alpha value is -1.95. The first-order valence-electron chi connectivity index (χ1n) is 6.59. The zero-order chi connectivity index (χ0) is 15.0. The monoisotopic (exact) mass is 279 g/mol. The summed E-state index contributed by atoms with van der Waals surface area (Å²) in [6.07, 6.45) is 4.09. The Morgan fingerprint density at radius 3 is 2.90 bits per heavy atom. The number of aromatic nitrogens is 2. The van der Waals surface area contributed by atoms with E-state index in [0.29, 0.717) is 31.3 Å². The van der Waals surface area contributed by atoms with Gasteiger partial charge >= 0.3 is 5.97 Å². The Labute approximate surface area is 118 Å². The summed E-state index contributed by atoms with van der Waals surface area (Å²) in [6.45, 7) is 9.04. The second-order valence-electron chi connectivity index (χ2n) is 4.57. The van der Waals surface area contributed by atoms with E-state index in [1.807, 2.05) is 13.8 Å². The lowest BCUT2D eigenvalue weighted by molar-refractivity contribution is 0.0691. The Bertz CT molecular complexity index is 461. The maximum Gasteiger partial charge on any atom is 0.356 e. The molecule has 0 saturated heterocycles. The van der Waals surface area contributed by atoms with Crippen LogP contribution in [0, 0.1) is 0 Å². The van der Waals surface area contributed by atoms with E-state index < -0.39 is 5.97 Å². The van der Waals surface area contributed by atoms with Crippen molar-refractivity contribution in [2.45, 2.75) is 26.2 Å². The van der Waals surface area contributed by atoms with Crippen LogP contribution in [0.2, 0.25) is 0 Å². The van der Waals surface area contributed by atoms with E-state index in [1.165, 1.54) is 6.20 Å². The smallest absolute Gasteiger partial charge is 0.356 e. The lowest BCUT2D eigenvalue weighted by atomic mass is 10.2. The summed E-state index contributed by atoms with van der Waals surface area (Å²) in [5.41, 5.74) is 0.406. The number of nitrogens with one attached hydrogen (secondary N) is 1. The summed E-state index contributed by atoms with van der Waals surface area (Å²) in [5.74, 6) is -0.455. The van der Waals surface area contributed by atoms with Gasteiger partial charge in [-0.15, -0.1) is 6.58 Å². The van der Waals surface area contributed by atoms with Gasteiger partial charge in [0.1, 0.15) is 5.82 Å². The van der Waals surface area contributed by atoms with Crippen molar-refractivity contribution in [3.63, 3.8) is 0 Å². The molecule has 0 bridgehead atoms. The molecule has 0 aliphatic rings. The maximum atomic E-state index is 11.2. The van der Waals surface area contributed by atoms with Gasteiger partial charge in [-0.05, 0) is 6.42 Å². The van der Waals surface area contributed by atoms with Crippen molar-refractivity contribution < 1.29 is 14.6 Å². The van der Waals surface area contributed by atoms with E-state index in [-0.39, 0.29) is 11.6 Å². The molecule has 1 rings (SSSR count). The lowest BCUT2D eigenvalue weighted by Crippen LogP contribution is -2.15. The van der Waals surface area contributed by atoms with E-state index in [2.05, 4.69) is 21.9 Å². The number of carboxylic acids is 1. The van der Waals surface area contributed by atoms with Crippen LogP contribution >= 0.6 is 0 Å². The number of aromatic carboxylic acids is 1. The number of ether oxygens (including phenoxy) is 1. The zero-order valence-corrected chi connectivity index (χ0v) is 11.9. The molecule has 0 amide bonds. The van der Waals surface area contributed by atoms with E-state index in [4.69, 9.17) is 4.74 Å². The molecule has 0 fully saturated rings. The van der Waals surface area contributed by atoms with Gasteiger partial charge in [-0.1, -0.05) is 19.9 Å². The molecule has 0 aliphatic carbocycles. The van der Waals surface area contributed by atoms with Crippen LogP contribution in [0.25, 0.3) is 0 Å². The molecule has 0 aromatic carbocycles. The molecule has 6 heteroatoms. The van der Waals surface area contributed by atoms with Gasteiger partial charge in [0.25, 0.3) is 0 Å². The SMILES string of the molecule is C=CCCOCCNc1cnc(C(C)C)nc1C(=O)O. The van der Waals surface area contributed by atoms with Crippen molar-refractivity contribution in [1.82, 2.24) is 9.97 Å². The molecular weight excluding hydrogens is 258 g/mol. The molecule has 110 valence electrons. The average Bonchev–Trinajstić information content (AvgIpc) is 2.42. The third-order valence-corrected chi connectivity index (χ3v) is 2.55. The molecular formula is C14H21N3O3. The fourth-order valence-corrected chi connectivity index (χ4v) is 1.49. The highest BCUT2D eigenvalue weighted by molar-refractivity contribution is 5.91. The third kappa shape index (κ3) is 4.97. The normalized spacial score (nSPS) is 10.6. The number of nitrogens with zero attached hydrogens (tertiary/aromatic N) is 2. The average molecular weight is 279 g/mol. The summed E-state index contributed by atoms with van der Waals surface area (Å²) >= 11 is 0. The molecule has 1 heterocycles. The molecule has 0 aliphatic heterocycles. The van der Waals surface area contributed by atoms with Crippen LogP contribution in [-0.2, 0) is 4.74 Å². The predicted octanol–water partition coefficient (Wildman–Crippen LogP) is 2.30. The van der Waals surface area contributed by atoms with Crippen molar-refractivity contribution in [2.75, 3.05) is 25.1 Å². The molecule has 0 spiro atoms. The number of hydrogen-bond acceptors (Lipinski definition) is 5. The van der Waals surface area contributed by atoms with Crippen molar-refractivity contribution in [1.29, 1.82) is 0 Å². The minimum atomic E-state index is -1.07. The van der Waals surface area contributed by atoms with Gasteiger partial charge in [-0.2, -0.15) is 0 Å². The van der Waals surface area contributed by atoms with Crippen molar-refractivity contribution in [3.8, 4) is 0 Å². The van der Waals surface area contributed by atoms with Crippen molar-refractivity contribution in [2.24, 2.45) is 0 Å². The number of carbonyl (C=O) groups is 1. The van der Waals surface area contributed by atoms with Crippen LogP contribution in [0.5, 0.6) is 0 Å². The van der Waals surface area contributed by atoms with Gasteiger partial charge in [0.15, 0.2) is 5.69 Å². The zero-order valence-electron chi connectivity index (χ0n) is 11.9. The molecule has 2 N–H and O–H groups in total. The van der Waals surface area contributed by atoms with Crippen LogP contribution < -0.4 is 5.32 Å². The van der Waals surface area contributed by atoms with Gasteiger partial charge in [0, 0.05) is 12.5 Å². The number of rotatable bonds is 9. The van der Waals surface area contributed by atoms with Crippen molar-refractivity contribution >= 4 is 11.7 Å². The predicted molar refractivity (Wildman–Crippen MR) is 77.2 cm³/mol. The molecule has 0 radical (unpaired) electrons. The fraction of sp³-hybridized carbons (Fsp3) is 0.500. The number of hydrogen-bond donors (Lipinski definition) is 2. The molecule has 0 unspecified atom stereocenters. The quantitative estimate of drug-likeness (QED) is 0.533. The highest BCUT2D eigenvalue weighted by Gasteiger charge is 2.15. The minimum Gasteiger partial charge on any atom is -0.476 e. The van der Waals surface area contributed by atoms with Gasteiger partial charge in [-0.3, -0.25) is 0 Å². The van der Waals surface area contributed by atoms with Crippen LogP contribution in [-0.4, -0.2) is 40.8 Å². The lowest BCUT2D eigenvalue weighted by Gasteiger charge is -2.11. The van der Waals surface area contributed by atoms with E-state index in [0.717, 1.165) is 6.42 Å². The fourth-order valence-electron chi connectivity index (χ4n) is 1.49. The van der Waals surface area contributed by atoms with Gasteiger partial charge < -0.3 is 15.2 Å². The topological polar surface area (TPSA) is 84.3 Å². The number of carboxylic acid groups (broad SMARTS) is 1. The van der Waals surface area contributed by atoms with Crippen LogP contribution in [0.4, 0.5) is 5.69 Å². The van der Waals surface area contributed by atoms with Crippen LogP contribution in [0.1, 0.15) is 42.5 Å². The summed E-state index contributed by atoms with van der Waals surface area (Å²) in [5, 5.41) is 12.2. The Morgan fingerprint density at radius 1 is 1.55 bits per heavy atom. The summed E-state index contributed by atoms with van der Waals surface area (Å²) < 4.78 is 5.34. The minimum absolute atomic E-state index is 0.00482. The Kier molecular flexibility index (Phi) is 6.66. The first-order valence-corrected chi connectivity index (χ1v) is 6.59. The Balaban J connectivity index is 2.60. The number of anilines is 1. The van der Waals surface area contributed by atoms with Crippen molar-refractivity contribution in [3.05, 3.63) is 30.4 Å². The van der Waals surface area contributed by atoms with Crippen LogP contribution in [0.3, 0.4) is 0 Å². The highest BCUT2D eigenvalue weighted by Crippen LogP contribution is 2.16. The summed E-state index contributed by atoms with van der Waals surface area (Å²) in [7, 11) is 0. The molecule has 1 aromatic heterocycles. The maximum absolute atomic E-state index is 11.2. The van der Waals surface area contributed by atoms with E-state index >= 15 is 0 Å². The molecule has 20 heavy (non-hydrogen) atoms. The molecule has 0 saturated carbocycles. The van der Waals surface area contributed by atoms with E-state index in [1.54, 1.807) is 6.08 Å². The molecule has 1 aromatic rings. The largest absolute Gasteiger partial charge is 0.476 e. The van der Waals surface area contributed by atoms with Crippen LogP contribution in [0.15, 0.2) is 18.9 Å². The second-order valence-corrected chi connectivity index (χ2v) is 4.57. The first-order chi connectivity index (χ1) is 9.56. The standard InChI is InChI=1S/C14H21N3O3/c1-4-5-7-20-8-6-15-11-9-16-13(10(2)3)17-12(11)14(18)19/h4,9-10,15H,1,5-8H2,2-3H3,(H,18,19). The molecule has 6 nitrogen and oxygen atoms in total. The second kappa shape index (κ2) is 8.27. The third-order valence-electron chi connectivity index (χ3n) is 2.55. The van der Waals surface area contributed by atoms with Gasteiger partial charge in [0.05, 0.1) is 25.1 Å². The van der Waals surface area contributed by atoms with Gasteiger partial charge in [0.2, 0.25) is 0 Å². The Morgan fingerprint density at radius 2 is 2.30 bits per heavy atom. The highest BCUT2D eigenvalue weighted by atomic mass is 16.5. The first kappa shape index (κ1) is 16.1. The van der Waals surface area contributed by atoms with Gasteiger partial charge in [-0.25, -0.2) is 14.8 Å². The summed E-state index contributed by atoms with van der Waals surface area (Å²) in [6, 6.07) is 0.